The van der Waals surface area contributed by atoms with Gasteiger partial charge in [0.05, 0.1) is 13.1 Å². The van der Waals surface area contributed by atoms with E-state index in [1.165, 1.54) is 6.42 Å². The molecule has 7 nitrogen and oxygen atoms in total. The molecule has 1 unspecified atom stereocenters. The maximum absolute atomic E-state index is 12.5. The van der Waals surface area contributed by atoms with Crippen molar-refractivity contribution in [3.63, 3.8) is 0 Å². The van der Waals surface area contributed by atoms with E-state index in [1.807, 2.05) is 42.2 Å². The van der Waals surface area contributed by atoms with Crippen molar-refractivity contribution < 1.29 is 9.53 Å². The normalized spacial score (nSPS) is 18.8. The van der Waals surface area contributed by atoms with Crippen molar-refractivity contribution in [2.24, 2.45) is 4.99 Å². The van der Waals surface area contributed by atoms with Crippen LogP contribution in [0.15, 0.2) is 35.3 Å². The summed E-state index contributed by atoms with van der Waals surface area (Å²) in [7, 11) is 0. The lowest BCUT2D eigenvalue weighted by Crippen LogP contribution is -2.54. The van der Waals surface area contributed by atoms with E-state index in [0.29, 0.717) is 13.1 Å². The molecule has 1 aromatic carbocycles. The van der Waals surface area contributed by atoms with Crippen LogP contribution in [0.3, 0.4) is 0 Å². The largest absolute Gasteiger partial charge is 0.489 e. The van der Waals surface area contributed by atoms with Crippen molar-refractivity contribution in [2.75, 3.05) is 58.9 Å². The van der Waals surface area contributed by atoms with Gasteiger partial charge in [0.15, 0.2) is 5.96 Å². The number of piperazine rings is 1. The molecule has 3 rings (SSSR count). The Labute approximate surface area is 204 Å². The summed E-state index contributed by atoms with van der Waals surface area (Å²) >= 11 is 0. The fraction of sp³-hybridized carbons (Fsp3) is 0.652. The van der Waals surface area contributed by atoms with Gasteiger partial charge in [-0.3, -0.25) is 9.69 Å². The third-order valence-electron chi connectivity index (χ3n) is 5.65. The summed E-state index contributed by atoms with van der Waals surface area (Å²) in [6, 6.07) is 9.88. The number of hydrogen-bond donors (Lipinski definition) is 1. The van der Waals surface area contributed by atoms with Gasteiger partial charge in [-0.2, -0.15) is 0 Å². The number of rotatable bonds is 7. The Kier molecular flexibility index (Phi) is 11.4. The van der Waals surface area contributed by atoms with Gasteiger partial charge >= 0.3 is 0 Å². The minimum Gasteiger partial charge on any atom is -0.489 e. The molecular formula is C23H38IN5O2. The number of carbonyl (C=O) groups is 1. The number of piperidine rings is 1. The second kappa shape index (κ2) is 13.8. The highest BCUT2D eigenvalue weighted by Crippen LogP contribution is 2.12. The van der Waals surface area contributed by atoms with Crippen LogP contribution < -0.4 is 10.1 Å². The number of likely N-dealkylation sites (tertiary alicyclic amines) is 1. The lowest BCUT2D eigenvalue weighted by Gasteiger charge is -2.37. The molecule has 1 aromatic rings. The van der Waals surface area contributed by atoms with Crippen LogP contribution in [0.1, 0.15) is 33.1 Å². The fourth-order valence-corrected chi connectivity index (χ4v) is 3.96. The molecular weight excluding hydrogens is 505 g/mol. The van der Waals surface area contributed by atoms with Gasteiger partial charge in [-0.05, 0) is 45.2 Å². The highest BCUT2D eigenvalue weighted by atomic mass is 127. The summed E-state index contributed by atoms with van der Waals surface area (Å²) in [4.78, 5) is 23.9. The Morgan fingerprint density at radius 1 is 1.03 bits per heavy atom. The first-order chi connectivity index (χ1) is 14.7. The topological polar surface area (TPSA) is 60.4 Å². The number of para-hydroxylation sites is 1. The molecule has 1 amide bonds. The third-order valence-corrected chi connectivity index (χ3v) is 5.65. The number of carbonyl (C=O) groups excluding carboxylic acids is 1. The van der Waals surface area contributed by atoms with Crippen LogP contribution in [0.5, 0.6) is 5.75 Å². The van der Waals surface area contributed by atoms with Crippen LogP contribution in [0.2, 0.25) is 0 Å². The van der Waals surface area contributed by atoms with E-state index < -0.39 is 0 Å². The first-order valence-electron chi connectivity index (χ1n) is 11.4. The predicted molar refractivity (Wildman–Crippen MR) is 136 cm³/mol. The average Bonchev–Trinajstić information content (AvgIpc) is 2.78. The number of ether oxygens (including phenoxy) is 1. The molecule has 0 aromatic heterocycles. The Balaban J connectivity index is 0.00000341. The molecule has 0 radical (unpaired) electrons. The molecule has 0 bridgehead atoms. The maximum Gasteiger partial charge on any atom is 0.236 e. The van der Waals surface area contributed by atoms with Crippen LogP contribution in [0.25, 0.3) is 0 Å². The van der Waals surface area contributed by atoms with Crippen LogP contribution in [0, 0.1) is 0 Å². The second-order valence-corrected chi connectivity index (χ2v) is 8.14. The zero-order valence-corrected chi connectivity index (χ0v) is 21.3. The Hall–Kier alpha value is -1.55. The van der Waals surface area contributed by atoms with Gasteiger partial charge in [-0.15, -0.1) is 24.0 Å². The molecule has 0 spiro atoms. The molecule has 2 aliphatic heterocycles. The predicted octanol–water partition coefficient (Wildman–Crippen LogP) is 2.67. The fourth-order valence-electron chi connectivity index (χ4n) is 3.96. The standard InChI is InChI=1S/C23H37N5O2.HI/c1-3-24-23(25-18-20(2)30-21-10-6-4-7-11-21)28-16-14-26(15-17-28)19-22(29)27-12-8-5-9-13-27;/h4,6-7,10-11,20H,3,5,8-9,12-19H2,1-2H3,(H,24,25);1H. The first kappa shape index (κ1) is 25.7. The number of nitrogens with one attached hydrogen (secondary N) is 1. The molecule has 1 atom stereocenters. The molecule has 174 valence electrons. The molecule has 2 heterocycles. The molecule has 1 N–H and O–H groups in total. The van der Waals surface area contributed by atoms with Gasteiger partial charge in [0.2, 0.25) is 5.91 Å². The summed E-state index contributed by atoms with van der Waals surface area (Å²) in [6.45, 7) is 11.5. The highest BCUT2D eigenvalue weighted by Gasteiger charge is 2.24. The number of hydrogen-bond acceptors (Lipinski definition) is 4. The van der Waals surface area contributed by atoms with E-state index in [2.05, 4.69) is 22.0 Å². The average molecular weight is 543 g/mol. The quantitative estimate of drug-likeness (QED) is 0.326. The monoisotopic (exact) mass is 543 g/mol. The lowest BCUT2D eigenvalue weighted by molar-refractivity contribution is -0.133. The number of nitrogens with zero attached hydrogens (tertiary/aromatic N) is 4. The minimum absolute atomic E-state index is 0. The van der Waals surface area contributed by atoms with E-state index in [0.717, 1.165) is 70.4 Å². The SMILES string of the molecule is CCNC(=NCC(C)Oc1ccccc1)N1CCN(CC(=O)N2CCCCC2)CC1.I. The van der Waals surface area contributed by atoms with Gasteiger partial charge in [0.1, 0.15) is 11.9 Å². The van der Waals surface area contributed by atoms with Crippen LogP contribution >= 0.6 is 24.0 Å². The van der Waals surface area contributed by atoms with E-state index in [4.69, 9.17) is 9.73 Å². The van der Waals surface area contributed by atoms with E-state index >= 15 is 0 Å². The van der Waals surface area contributed by atoms with Gasteiger partial charge in [-0.25, -0.2) is 4.99 Å². The number of aliphatic imine (C=N–C) groups is 1. The molecule has 2 fully saturated rings. The van der Waals surface area contributed by atoms with Gasteiger partial charge in [0.25, 0.3) is 0 Å². The number of guanidine groups is 1. The Morgan fingerprint density at radius 3 is 2.35 bits per heavy atom. The smallest absolute Gasteiger partial charge is 0.236 e. The third kappa shape index (κ3) is 8.48. The summed E-state index contributed by atoms with van der Waals surface area (Å²) < 4.78 is 5.94. The van der Waals surface area contributed by atoms with E-state index in [1.54, 1.807) is 0 Å². The summed E-state index contributed by atoms with van der Waals surface area (Å²) in [5, 5.41) is 3.41. The van der Waals surface area contributed by atoms with Crippen molar-refractivity contribution in [1.82, 2.24) is 20.0 Å². The van der Waals surface area contributed by atoms with Crippen LogP contribution in [0.4, 0.5) is 0 Å². The summed E-state index contributed by atoms with van der Waals surface area (Å²) in [5.74, 6) is 2.09. The summed E-state index contributed by atoms with van der Waals surface area (Å²) in [5.41, 5.74) is 0. The molecule has 2 saturated heterocycles. The van der Waals surface area contributed by atoms with E-state index in [-0.39, 0.29) is 36.0 Å². The molecule has 0 aliphatic carbocycles. The minimum atomic E-state index is 0. The first-order valence-corrected chi connectivity index (χ1v) is 11.4. The van der Waals surface area contributed by atoms with Crippen molar-refractivity contribution in [3.05, 3.63) is 30.3 Å². The zero-order chi connectivity index (χ0) is 21.2. The Bertz CT molecular complexity index is 674. The molecule has 0 saturated carbocycles. The summed E-state index contributed by atoms with van der Waals surface area (Å²) in [6.07, 6.45) is 3.55. The Morgan fingerprint density at radius 2 is 1.71 bits per heavy atom. The van der Waals surface area contributed by atoms with Crippen LogP contribution in [-0.4, -0.2) is 91.6 Å². The molecule has 8 heteroatoms. The second-order valence-electron chi connectivity index (χ2n) is 8.14. The van der Waals surface area contributed by atoms with Crippen molar-refractivity contribution in [3.8, 4) is 5.75 Å². The van der Waals surface area contributed by atoms with E-state index in [9.17, 15) is 4.79 Å². The van der Waals surface area contributed by atoms with Crippen LogP contribution in [-0.2, 0) is 4.79 Å². The highest BCUT2D eigenvalue weighted by molar-refractivity contribution is 14.0. The number of halogens is 1. The van der Waals surface area contributed by atoms with Crippen molar-refractivity contribution in [2.45, 2.75) is 39.2 Å². The van der Waals surface area contributed by atoms with Crippen molar-refractivity contribution in [1.29, 1.82) is 0 Å². The zero-order valence-electron chi connectivity index (χ0n) is 19.0. The van der Waals surface area contributed by atoms with Gasteiger partial charge < -0.3 is 19.9 Å². The number of benzene rings is 1. The van der Waals surface area contributed by atoms with Gasteiger partial charge in [-0.1, -0.05) is 18.2 Å². The molecule has 2 aliphatic rings. The lowest BCUT2D eigenvalue weighted by atomic mass is 10.1. The number of amides is 1. The van der Waals surface area contributed by atoms with Gasteiger partial charge in [0, 0.05) is 45.8 Å². The maximum atomic E-state index is 12.5. The molecule has 31 heavy (non-hydrogen) atoms. The van der Waals surface area contributed by atoms with Crippen molar-refractivity contribution >= 4 is 35.8 Å².